The average Bonchev–Trinajstić information content (AvgIpc) is 3.16. The van der Waals surface area contributed by atoms with Crippen LogP contribution in [0.5, 0.6) is 0 Å². The summed E-state index contributed by atoms with van der Waals surface area (Å²) in [6.07, 6.45) is 1.23. The van der Waals surface area contributed by atoms with Crippen LogP contribution in [0.4, 0.5) is 5.69 Å². The van der Waals surface area contributed by atoms with Gasteiger partial charge < -0.3 is 9.52 Å². The van der Waals surface area contributed by atoms with E-state index in [1.54, 1.807) is 12.1 Å². The number of amides is 1. The second kappa shape index (κ2) is 8.36. The molecule has 1 heterocycles. The van der Waals surface area contributed by atoms with Gasteiger partial charge in [0.05, 0.1) is 21.7 Å². The summed E-state index contributed by atoms with van der Waals surface area (Å²) in [6, 6.07) is 12.6. The fraction of sp³-hybridized carbons (Fsp3) is 0. The van der Waals surface area contributed by atoms with E-state index in [1.165, 1.54) is 42.6 Å². The maximum atomic E-state index is 12.0. The smallest absolute Gasteiger partial charge is 0.335 e. The van der Waals surface area contributed by atoms with Gasteiger partial charge in [0.1, 0.15) is 11.5 Å². The zero-order valence-corrected chi connectivity index (χ0v) is 15.3. The number of aromatic carboxylic acids is 1. The molecule has 2 N–H and O–H groups in total. The van der Waals surface area contributed by atoms with Gasteiger partial charge in [0.25, 0.3) is 11.6 Å². The number of carboxylic acids is 1. The molecule has 3 aromatic rings. The van der Waals surface area contributed by atoms with Crippen LogP contribution >= 0.6 is 11.6 Å². The third-order valence-electron chi connectivity index (χ3n) is 3.78. The van der Waals surface area contributed by atoms with Crippen LogP contribution in [0.2, 0.25) is 5.02 Å². The molecule has 0 bridgehead atoms. The lowest BCUT2D eigenvalue weighted by molar-refractivity contribution is -0.384. The Morgan fingerprint density at radius 2 is 1.93 bits per heavy atom. The van der Waals surface area contributed by atoms with Crippen LogP contribution in [0.3, 0.4) is 0 Å². The molecule has 29 heavy (non-hydrogen) atoms. The average molecular weight is 414 g/mol. The van der Waals surface area contributed by atoms with Gasteiger partial charge in [-0.05, 0) is 36.4 Å². The van der Waals surface area contributed by atoms with Crippen LogP contribution < -0.4 is 5.43 Å². The summed E-state index contributed by atoms with van der Waals surface area (Å²) in [4.78, 5) is 33.3. The van der Waals surface area contributed by atoms with Gasteiger partial charge >= 0.3 is 5.97 Å². The molecule has 0 spiro atoms. The van der Waals surface area contributed by atoms with Crippen molar-refractivity contribution in [2.24, 2.45) is 5.10 Å². The van der Waals surface area contributed by atoms with E-state index in [9.17, 15) is 19.7 Å². The molecule has 2 aromatic carbocycles. The lowest BCUT2D eigenvalue weighted by Gasteiger charge is -2.02. The number of hydrogen-bond donors (Lipinski definition) is 2. The van der Waals surface area contributed by atoms with Gasteiger partial charge in [-0.2, -0.15) is 5.10 Å². The first kappa shape index (κ1) is 19.8. The largest absolute Gasteiger partial charge is 0.478 e. The second-order valence-electron chi connectivity index (χ2n) is 5.71. The monoisotopic (exact) mass is 413 g/mol. The van der Waals surface area contributed by atoms with Crippen LogP contribution in [-0.4, -0.2) is 28.1 Å². The number of nitrogens with zero attached hydrogens (tertiary/aromatic N) is 2. The Hall–Kier alpha value is -3.98. The predicted octanol–water partition coefficient (Wildman–Crippen LogP) is 3.97. The van der Waals surface area contributed by atoms with Crippen molar-refractivity contribution in [2.45, 2.75) is 0 Å². The van der Waals surface area contributed by atoms with Crippen molar-refractivity contribution in [1.82, 2.24) is 5.43 Å². The van der Waals surface area contributed by atoms with Gasteiger partial charge in [-0.15, -0.1) is 0 Å². The van der Waals surface area contributed by atoms with Crippen molar-refractivity contribution in [3.05, 3.63) is 86.6 Å². The Labute approximate surface area is 168 Å². The summed E-state index contributed by atoms with van der Waals surface area (Å²) in [5, 5.41) is 23.9. The highest BCUT2D eigenvalue weighted by Crippen LogP contribution is 2.30. The third-order valence-corrected chi connectivity index (χ3v) is 4.11. The molecule has 1 aromatic heterocycles. The summed E-state index contributed by atoms with van der Waals surface area (Å²) in [7, 11) is 0. The molecule has 0 aliphatic rings. The molecule has 0 radical (unpaired) electrons. The molecule has 146 valence electrons. The number of carbonyl (C=O) groups is 2. The number of benzene rings is 2. The number of rotatable bonds is 6. The number of nitrogens with one attached hydrogen (secondary N) is 1. The maximum absolute atomic E-state index is 12.0. The van der Waals surface area contributed by atoms with Crippen molar-refractivity contribution in [1.29, 1.82) is 0 Å². The van der Waals surface area contributed by atoms with Crippen molar-refractivity contribution in [3.63, 3.8) is 0 Å². The third kappa shape index (κ3) is 4.66. The van der Waals surface area contributed by atoms with E-state index >= 15 is 0 Å². The minimum absolute atomic E-state index is 0.0558. The van der Waals surface area contributed by atoms with E-state index in [4.69, 9.17) is 21.1 Å². The summed E-state index contributed by atoms with van der Waals surface area (Å²) in [5.74, 6) is -1.13. The fourth-order valence-corrected chi connectivity index (χ4v) is 2.60. The van der Waals surface area contributed by atoms with Gasteiger partial charge in [-0.3, -0.25) is 14.9 Å². The minimum atomic E-state index is -1.10. The van der Waals surface area contributed by atoms with Crippen LogP contribution in [0.1, 0.15) is 26.5 Å². The normalized spacial score (nSPS) is 10.8. The molecule has 3 rings (SSSR count). The van der Waals surface area contributed by atoms with Crippen molar-refractivity contribution < 1.29 is 24.0 Å². The Balaban J connectivity index is 1.72. The molecule has 0 saturated carbocycles. The molecular weight excluding hydrogens is 402 g/mol. The molecule has 10 heteroatoms. The van der Waals surface area contributed by atoms with Crippen LogP contribution in [0.25, 0.3) is 11.3 Å². The lowest BCUT2D eigenvalue weighted by Crippen LogP contribution is -2.17. The Kier molecular flexibility index (Phi) is 5.70. The summed E-state index contributed by atoms with van der Waals surface area (Å²) >= 11 is 6.10. The predicted molar refractivity (Wildman–Crippen MR) is 104 cm³/mol. The van der Waals surface area contributed by atoms with E-state index in [-0.39, 0.29) is 22.6 Å². The molecule has 0 unspecified atom stereocenters. The summed E-state index contributed by atoms with van der Waals surface area (Å²) in [5.41, 5.74) is 2.56. The lowest BCUT2D eigenvalue weighted by atomic mass is 10.1. The van der Waals surface area contributed by atoms with E-state index < -0.39 is 16.8 Å². The molecule has 0 aliphatic carbocycles. The molecule has 0 fully saturated rings. The topological polar surface area (TPSA) is 135 Å². The first-order valence-electron chi connectivity index (χ1n) is 8.06. The number of non-ortho nitro benzene ring substituents is 1. The van der Waals surface area contributed by atoms with Crippen molar-refractivity contribution >= 4 is 35.4 Å². The number of furan rings is 1. The quantitative estimate of drug-likeness (QED) is 0.356. The summed E-state index contributed by atoms with van der Waals surface area (Å²) in [6.45, 7) is 0. The minimum Gasteiger partial charge on any atom is -0.478 e. The number of halogens is 1. The zero-order valence-electron chi connectivity index (χ0n) is 14.5. The van der Waals surface area contributed by atoms with Gasteiger partial charge in [-0.1, -0.05) is 17.7 Å². The standard InChI is InChI=1S/C19H12ClN3O6/c20-16-6-4-12(19(25)26)9-15(16)17-7-5-14(29-17)10-21-22-18(24)11-2-1-3-13(8-11)23(27)28/h1-10H,(H,22,24)(H,25,26)/b21-10+. The van der Waals surface area contributed by atoms with E-state index in [0.717, 1.165) is 6.07 Å². The molecule has 0 aliphatic heterocycles. The number of hydrazone groups is 1. The molecule has 9 nitrogen and oxygen atoms in total. The van der Waals surface area contributed by atoms with Crippen LogP contribution in [-0.2, 0) is 0 Å². The second-order valence-corrected chi connectivity index (χ2v) is 6.12. The van der Waals surface area contributed by atoms with Crippen molar-refractivity contribution in [3.8, 4) is 11.3 Å². The van der Waals surface area contributed by atoms with Gasteiger partial charge in [0, 0.05) is 23.3 Å². The van der Waals surface area contributed by atoms with Crippen molar-refractivity contribution in [2.75, 3.05) is 0 Å². The van der Waals surface area contributed by atoms with Gasteiger partial charge in [0.15, 0.2) is 0 Å². The maximum Gasteiger partial charge on any atom is 0.335 e. The first-order chi connectivity index (χ1) is 13.8. The highest BCUT2D eigenvalue weighted by molar-refractivity contribution is 6.33. The van der Waals surface area contributed by atoms with Gasteiger partial charge in [0.2, 0.25) is 0 Å². The molecule has 0 atom stereocenters. The molecule has 1 amide bonds. The van der Waals surface area contributed by atoms with Crippen LogP contribution in [0.15, 0.2) is 64.1 Å². The van der Waals surface area contributed by atoms with Gasteiger partial charge in [-0.25, -0.2) is 10.2 Å². The number of hydrogen-bond acceptors (Lipinski definition) is 6. The highest BCUT2D eigenvalue weighted by atomic mass is 35.5. The number of nitro groups is 1. The number of carbonyl (C=O) groups excluding carboxylic acids is 1. The first-order valence-corrected chi connectivity index (χ1v) is 8.44. The number of carboxylic acid groups (broad SMARTS) is 1. The van der Waals surface area contributed by atoms with Crippen LogP contribution in [0, 0.1) is 10.1 Å². The summed E-state index contributed by atoms with van der Waals surface area (Å²) < 4.78 is 5.56. The molecule has 0 saturated heterocycles. The Morgan fingerprint density at radius 3 is 2.66 bits per heavy atom. The Morgan fingerprint density at radius 1 is 1.14 bits per heavy atom. The molecular formula is C19H12ClN3O6. The Bertz CT molecular complexity index is 1140. The fourth-order valence-electron chi connectivity index (χ4n) is 2.39. The highest BCUT2D eigenvalue weighted by Gasteiger charge is 2.13. The number of nitro benzene ring substituents is 1. The SMILES string of the molecule is O=C(O)c1ccc(Cl)c(-c2ccc(/C=N/NC(=O)c3cccc([N+](=O)[O-])c3)o2)c1. The van der Waals surface area contributed by atoms with E-state index in [0.29, 0.717) is 16.3 Å². The van der Waals surface area contributed by atoms with E-state index in [1.807, 2.05) is 0 Å². The van der Waals surface area contributed by atoms with E-state index in [2.05, 4.69) is 10.5 Å². The zero-order chi connectivity index (χ0) is 21.0.